The van der Waals surface area contributed by atoms with Gasteiger partial charge in [-0.1, -0.05) is 6.07 Å². The zero-order chi connectivity index (χ0) is 23.2. The summed E-state index contributed by atoms with van der Waals surface area (Å²) in [6.07, 6.45) is 6.73. The molecule has 1 saturated heterocycles. The molecule has 1 aromatic carbocycles. The third-order valence-corrected chi connectivity index (χ3v) is 5.88. The summed E-state index contributed by atoms with van der Waals surface area (Å²) in [4.78, 5) is 26.2. The van der Waals surface area contributed by atoms with Crippen LogP contribution in [0.15, 0.2) is 36.9 Å². The Labute approximate surface area is 191 Å². The first-order valence-electron chi connectivity index (χ1n) is 11.1. The van der Waals surface area contributed by atoms with E-state index in [9.17, 15) is 9.90 Å². The van der Waals surface area contributed by atoms with E-state index in [1.807, 2.05) is 43.9 Å². The number of aromatic hydroxyl groups is 1. The number of likely N-dealkylation sites (tertiary alicyclic amines) is 1. The lowest BCUT2D eigenvalue weighted by molar-refractivity contribution is 0.175. The molecule has 3 aromatic heterocycles. The molecular formula is C23H28N8O2. The van der Waals surface area contributed by atoms with Crippen molar-refractivity contribution in [2.45, 2.75) is 45.2 Å². The number of amides is 2. The summed E-state index contributed by atoms with van der Waals surface area (Å²) >= 11 is 0. The van der Waals surface area contributed by atoms with Crippen molar-refractivity contribution >= 4 is 28.3 Å². The second kappa shape index (κ2) is 7.95. The number of fused-ring (bicyclic) bond motifs is 2. The molecule has 4 aromatic rings. The van der Waals surface area contributed by atoms with Crippen molar-refractivity contribution in [3.8, 4) is 17.1 Å². The molecule has 0 bridgehead atoms. The number of urea groups is 1. The van der Waals surface area contributed by atoms with E-state index in [4.69, 9.17) is 0 Å². The summed E-state index contributed by atoms with van der Waals surface area (Å²) in [5.41, 5.74) is 2.14. The Morgan fingerprint density at radius 1 is 1.21 bits per heavy atom. The second-order valence-corrected chi connectivity index (χ2v) is 9.51. The fourth-order valence-corrected chi connectivity index (χ4v) is 4.22. The first kappa shape index (κ1) is 21.0. The first-order valence-corrected chi connectivity index (χ1v) is 11.1. The van der Waals surface area contributed by atoms with Gasteiger partial charge in [0, 0.05) is 47.2 Å². The quantitative estimate of drug-likeness (QED) is 0.381. The van der Waals surface area contributed by atoms with Gasteiger partial charge in [-0.2, -0.15) is 5.10 Å². The lowest BCUT2D eigenvalue weighted by Gasteiger charge is -2.34. The number of H-pyrrole nitrogens is 1. The van der Waals surface area contributed by atoms with Crippen molar-refractivity contribution < 1.29 is 9.90 Å². The molecule has 0 radical (unpaired) electrons. The number of aromatic amines is 1. The lowest BCUT2D eigenvalue weighted by Crippen LogP contribution is -2.51. The highest BCUT2D eigenvalue weighted by atomic mass is 16.3. The maximum atomic E-state index is 12.4. The minimum absolute atomic E-state index is 0.0176. The summed E-state index contributed by atoms with van der Waals surface area (Å²) in [5.74, 6) is 0.830. The molecule has 33 heavy (non-hydrogen) atoms. The predicted molar refractivity (Wildman–Crippen MR) is 126 cm³/mol. The summed E-state index contributed by atoms with van der Waals surface area (Å²) in [7, 11) is 0. The average Bonchev–Trinajstić information content (AvgIpc) is 3.41. The number of carbonyl (C=O) groups is 1. The smallest absolute Gasteiger partial charge is 0.317 e. The molecule has 10 heteroatoms. The summed E-state index contributed by atoms with van der Waals surface area (Å²) < 4.78 is 1.77. The Kier molecular flexibility index (Phi) is 5.07. The van der Waals surface area contributed by atoms with E-state index in [0.29, 0.717) is 24.6 Å². The topological polar surface area (TPSA) is 123 Å². The van der Waals surface area contributed by atoms with E-state index in [1.165, 1.54) is 6.33 Å². The number of piperidine rings is 1. The summed E-state index contributed by atoms with van der Waals surface area (Å²) in [6, 6.07) is 5.96. The van der Waals surface area contributed by atoms with Gasteiger partial charge in [0.2, 0.25) is 0 Å². The van der Waals surface area contributed by atoms with Crippen molar-refractivity contribution in [2.24, 2.45) is 0 Å². The molecule has 0 spiro atoms. The minimum atomic E-state index is -0.247. The average molecular weight is 449 g/mol. The second-order valence-electron chi connectivity index (χ2n) is 9.51. The van der Waals surface area contributed by atoms with Crippen LogP contribution >= 0.6 is 0 Å². The molecule has 1 aliphatic rings. The molecule has 0 saturated carbocycles. The number of rotatable bonds is 3. The highest BCUT2D eigenvalue weighted by Crippen LogP contribution is 2.30. The van der Waals surface area contributed by atoms with Gasteiger partial charge in [0.25, 0.3) is 0 Å². The lowest BCUT2D eigenvalue weighted by atomic mass is 10.0. The molecule has 5 rings (SSSR count). The molecule has 1 fully saturated rings. The molecule has 0 aliphatic carbocycles. The number of benzene rings is 1. The van der Waals surface area contributed by atoms with Gasteiger partial charge in [-0.25, -0.2) is 19.3 Å². The van der Waals surface area contributed by atoms with Crippen molar-refractivity contribution in [2.75, 3.05) is 18.4 Å². The van der Waals surface area contributed by atoms with E-state index in [2.05, 4.69) is 30.7 Å². The van der Waals surface area contributed by atoms with Gasteiger partial charge in [-0.3, -0.25) is 0 Å². The largest absolute Gasteiger partial charge is 0.494 e. The fraction of sp³-hybridized carbons (Fsp3) is 0.391. The van der Waals surface area contributed by atoms with Crippen LogP contribution in [-0.2, 0) is 0 Å². The Bertz CT molecular complexity index is 1310. The van der Waals surface area contributed by atoms with Crippen LogP contribution in [0.4, 0.5) is 10.6 Å². The summed E-state index contributed by atoms with van der Waals surface area (Å²) in [5, 5.41) is 22.5. The van der Waals surface area contributed by atoms with Crippen LogP contribution in [0.3, 0.4) is 0 Å². The Morgan fingerprint density at radius 2 is 2.00 bits per heavy atom. The van der Waals surface area contributed by atoms with Crippen LogP contribution in [-0.4, -0.2) is 65.3 Å². The van der Waals surface area contributed by atoms with Gasteiger partial charge in [0.05, 0.1) is 11.9 Å². The maximum Gasteiger partial charge on any atom is 0.317 e. The molecule has 0 atom stereocenters. The van der Waals surface area contributed by atoms with Crippen LogP contribution in [0.25, 0.3) is 27.7 Å². The Morgan fingerprint density at radius 3 is 2.76 bits per heavy atom. The van der Waals surface area contributed by atoms with Crippen LogP contribution in [0.2, 0.25) is 0 Å². The van der Waals surface area contributed by atoms with Gasteiger partial charge in [0.1, 0.15) is 6.33 Å². The molecule has 4 N–H and O–H groups in total. The molecule has 10 nitrogen and oxygen atoms in total. The van der Waals surface area contributed by atoms with E-state index in [0.717, 1.165) is 34.9 Å². The maximum absolute atomic E-state index is 12.4. The van der Waals surface area contributed by atoms with Crippen molar-refractivity contribution in [3.63, 3.8) is 0 Å². The first-order chi connectivity index (χ1) is 15.8. The molecule has 4 heterocycles. The zero-order valence-electron chi connectivity index (χ0n) is 19.0. The normalized spacial score (nSPS) is 15.3. The van der Waals surface area contributed by atoms with Crippen LogP contribution in [0.5, 0.6) is 5.88 Å². The van der Waals surface area contributed by atoms with Crippen LogP contribution in [0.1, 0.15) is 33.6 Å². The van der Waals surface area contributed by atoms with Gasteiger partial charge >= 0.3 is 6.03 Å². The number of anilines is 1. The number of nitrogens with zero attached hydrogens (tertiary/aromatic N) is 5. The summed E-state index contributed by atoms with van der Waals surface area (Å²) in [6.45, 7) is 7.32. The van der Waals surface area contributed by atoms with Gasteiger partial charge in [-0.05, 0) is 45.7 Å². The van der Waals surface area contributed by atoms with E-state index < -0.39 is 0 Å². The SMILES string of the molecule is CC(C)(C)NC(=O)N1CCC(Nc2ncc(-c3ccc4c(O)[nH]cc4c3)n3ncnc23)CC1. The highest BCUT2D eigenvalue weighted by Gasteiger charge is 2.26. The highest BCUT2D eigenvalue weighted by molar-refractivity contribution is 5.91. The van der Waals surface area contributed by atoms with E-state index in [-0.39, 0.29) is 23.5 Å². The van der Waals surface area contributed by atoms with Crippen LogP contribution in [0, 0.1) is 0 Å². The van der Waals surface area contributed by atoms with Crippen molar-refractivity contribution in [3.05, 3.63) is 36.9 Å². The van der Waals surface area contributed by atoms with E-state index in [1.54, 1.807) is 16.9 Å². The van der Waals surface area contributed by atoms with Crippen molar-refractivity contribution in [1.82, 2.24) is 34.8 Å². The minimum Gasteiger partial charge on any atom is -0.494 e. The third-order valence-electron chi connectivity index (χ3n) is 5.88. The monoisotopic (exact) mass is 448 g/mol. The van der Waals surface area contributed by atoms with Gasteiger partial charge in [0.15, 0.2) is 17.3 Å². The number of carbonyl (C=O) groups excluding carboxylic acids is 1. The number of aromatic nitrogens is 5. The number of hydrogen-bond acceptors (Lipinski definition) is 6. The zero-order valence-corrected chi connectivity index (χ0v) is 19.0. The molecule has 1 aliphatic heterocycles. The number of nitrogens with one attached hydrogen (secondary N) is 3. The third kappa shape index (κ3) is 4.15. The fourth-order valence-electron chi connectivity index (χ4n) is 4.22. The van der Waals surface area contributed by atoms with Crippen molar-refractivity contribution in [1.29, 1.82) is 0 Å². The Balaban J connectivity index is 1.32. The molecule has 0 unspecified atom stereocenters. The van der Waals surface area contributed by atoms with Crippen LogP contribution < -0.4 is 10.6 Å². The van der Waals surface area contributed by atoms with Gasteiger partial charge in [-0.15, -0.1) is 0 Å². The van der Waals surface area contributed by atoms with Gasteiger partial charge < -0.3 is 25.6 Å². The Hall–Kier alpha value is -3.82. The molecule has 172 valence electrons. The van der Waals surface area contributed by atoms with E-state index >= 15 is 0 Å². The molecular weight excluding hydrogens is 420 g/mol. The molecule has 2 amide bonds. The number of hydrogen-bond donors (Lipinski definition) is 4. The standard InChI is InChI=1S/C23H28N8O2/c1-23(2,3)29-22(33)30-8-6-16(7-9-30)28-19-20-26-13-27-31(20)18(12-24-19)14-4-5-17-15(10-14)11-25-21(17)32/h4-5,10-13,16,25,32H,6-9H2,1-3H3,(H,24,28)(H,29,33). The predicted octanol–water partition coefficient (Wildman–Crippen LogP) is 3.36.